The van der Waals surface area contributed by atoms with Crippen molar-refractivity contribution in [1.82, 2.24) is 24.5 Å². The first-order valence-electron chi connectivity index (χ1n) is 9.02. The van der Waals surface area contributed by atoms with Crippen molar-refractivity contribution in [3.8, 4) is 0 Å². The second-order valence-electron chi connectivity index (χ2n) is 6.91. The van der Waals surface area contributed by atoms with Gasteiger partial charge < -0.3 is 9.47 Å². The van der Waals surface area contributed by atoms with Gasteiger partial charge in [0.15, 0.2) is 5.65 Å². The number of hydrogen-bond acceptors (Lipinski definition) is 5. The summed E-state index contributed by atoms with van der Waals surface area (Å²) >= 11 is 0. The number of nitrogens with zero attached hydrogens (tertiary/aromatic N) is 6. The number of aromatic nitrogens is 5. The number of rotatable bonds is 2. The molecular weight excluding hydrogens is 324 g/mol. The Kier molecular flexibility index (Phi) is 3.55. The quantitative estimate of drug-likeness (QED) is 0.558. The highest BCUT2D eigenvalue weighted by atomic mass is 15.2. The van der Waals surface area contributed by atoms with Gasteiger partial charge in [0.05, 0.1) is 5.39 Å². The predicted molar refractivity (Wildman–Crippen MR) is 102 cm³/mol. The Bertz CT molecular complexity index is 1080. The monoisotopic (exact) mass is 344 g/mol. The first-order chi connectivity index (χ1) is 12.8. The molecule has 0 unspecified atom stereocenters. The summed E-state index contributed by atoms with van der Waals surface area (Å²) in [5, 5.41) is 2.22. The fourth-order valence-corrected chi connectivity index (χ4v) is 3.90. The van der Waals surface area contributed by atoms with E-state index in [-0.39, 0.29) is 0 Å². The van der Waals surface area contributed by atoms with Gasteiger partial charge in [-0.25, -0.2) is 19.9 Å². The number of pyridine rings is 2. The average molecular weight is 344 g/mol. The van der Waals surface area contributed by atoms with E-state index in [1.54, 1.807) is 6.33 Å². The van der Waals surface area contributed by atoms with Crippen LogP contribution in [0.25, 0.3) is 22.1 Å². The van der Waals surface area contributed by atoms with Crippen LogP contribution in [0.15, 0.2) is 49.1 Å². The molecule has 0 radical (unpaired) electrons. The zero-order chi connectivity index (χ0) is 17.5. The van der Waals surface area contributed by atoms with Gasteiger partial charge in [0.25, 0.3) is 0 Å². The Morgan fingerprint density at radius 1 is 1.00 bits per heavy atom. The van der Waals surface area contributed by atoms with E-state index in [0.29, 0.717) is 5.92 Å². The van der Waals surface area contributed by atoms with E-state index in [4.69, 9.17) is 4.98 Å². The van der Waals surface area contributed by atoms with E-state index in [0.717, 1.165) is 59.5 Å². The van der Waals surface area contributed by atoms with Gasteiger partial charge in [0.2, 0.25) is 0 Å². The van der Waals surface area contributed by atoms with E-state index in [2.05, 4.69) is 44.1 Å². The lowest BCUT2D eigenvalue weighted by molar-refractivity contribution is 0.495. The maximum absolute atomic E-state index is 4.79. The third kappa shape index (κ3) is 2.49. The van der Waals surface area contributed by atoms with Crippen molar-refractivity contribution in [3.05, 3.63) is 54.7 Å². The molecule has 0 N–H and O–H groups in total. The van der Waals surface area contributed by atoms with Gasteiger partial charge in [-0.05, 0) is 43.2 Å². The number of aryl methyl sites for hydroxylation is 1. The third-order valence-electron chi connectivity index (χ3n) is 5.34. The summed E-state index contributed by atoms with van der Waals surface area (Å²) in [5.74, 6) is 1.52. The van der Waals surface area contributed by atoms with Crippen LogP contribution in [0, 0.1) is 0 Å². The Morgan fingerprint density at radius 3 is 2.77 bits per heavy atom. The lowest BCUT2D eigenvalue weighted by atomic mass is 9.92. The van der Waals surface area contributed by atoms with Gasteiger partial charge in [-0.2, -0.15) is 0 Å². The average Bonchev–Trinajstić information content (AvgIpc) is 3.09. The Balaban J connectivity index is 1.38. The number of anilines is 1. The van der Waals surface area contributed by atoms with Gasteiger partial charge in [0, 0.05) is 49.5 Å². The molecule has 0 saturated carbocycles. The van der Waals surface area contributed by atoms with Gasteiger partial charge in [-0.1, -0.05) is 0 Å². The molecule has 130 valence electrons. The first-order valence-corrected chi connectivity index (χ1v) is 9.02. The van der Waals surface area contributed by atoms with Crippen LogP contribution in [0.1, 0.15) is 24.5 Å². The van der Waals surface area contributed by atoms with Gasteiger partial charge in [-0.3, -0.25) is 0 Å². The summed E-state index contributed by atoms with van der Waals surface area (Å²) in [6.07, 6.45) is 7.66. The van der Waals surface area contributed by atoms with Crippen molar-refractivity contribution in [1.29, 1.82) is 0 Å². The van der Waals surface area contributed by atoms with Crippen molar-refractivity contribution < 1.29 is 0 Å². The van der Waals surface area contributed by atoms with E-state index in [1.165, 1.54) is 0 Å². The Labute approximate surface area is 151 Å². The van der Waals surface area contributed by atoms with Gasteiger partial charge in [0.1, 0.15) is 17.8 Å². The van der Waals surface area contributed by atoms with Crippen molar-refractivity contribution in [2.45, 2.75) is 18.8 Å². The minimum atomic E-state index is 0.478. The lowest BCUT2D eigenvalue weighted by Gasteiger charge is -2.32. The molecule has 5 rings (SSSR count). The molecule has 1 aliphatic rings. The van der Waals surface area contributed by atoms with Crippen LogP contribution in [0.3, 0.4) is 0 Å². The second kappa shape index (κ2) is 6.05. The number of piperidine rings is 1. The van der Waals surface area contributed by atoms with Crippen molar-refractivity contribution in [2.75, 3.05) is 18.0 Å². The van der Waals surface area contributed by atoms with Crippen LogP contribution in [0.4, 0.5) is 5.82 Å². The van der Waals surface area contributed by atoms with Crippen molar-refractivity contribution in [2.24, 2.45) is 7.05 Å². The smallest absolute Gasteiger partial charge is 0.159 e. The molecule has 1 aliphatic heterocycles. The van der Waals surface area contributed by atoms with Crippen LogP contribution >= 0.6 is 0 Å². The highest BCUT2D eigenvalue weighted by Gasteiger charge is 2.24. The molecule has 0 atom stereocenters. The van der Waals surface area contributed by atoms with Crippen molar-refractivity contribution >= 4 is 27.9 Å². The minimum absolute atomic E-state index is 0.478. The van der Waals surface area contributed by atoms with E-state index in [1.807, 2.05) is 30.1 Å². The van der Waals surface area contributed by atoms with Crippen LogP contribution in [-0.4, -0.2) is 37.6 Å². The van der Waals surface area contributed by atoms with E-state index in [9.17, 15) is 0 Å². The molecule has 0 spiro atoms. The SMILES string of the molecule is Cn1ccc2c(N3CCC(c4ccc5cccnc5n4)CC3)ncnc21. The summed E-state index contributed by atoms with van der Waals surface area (Å²) < 4.78 is 2.04. The largest absolute Gasteiger partial charge is 0.356 e. The lowest BCUT2D eigenvalue weighted by Crippen LogP contribution is -2.33. The molecule has 1 saturated heterocycles. The Hall–Kier alpha value is -3.02. The van der Waals surface area contributed by atoms with Crippen molar-refractivity contribution in [3.63, 3.8) is 0 Å². The van der Waals surface area contributed by atoms with Crippen LogP contribution in [0.5, 0.6) is 0 Å². The van der Waals surface area contributed by atoms with Crippen LogP contribution in [0.2, 0.25) is 0 Å². The number of fused-ring (bicyclic) bond motifs is 2. The molecule has 0 aliphatic carbocycles. The molecule has 6 nitrogen and oxygen atoms in total. The normalized spacial score (nSPS) is 15.8. The Morgan fingerprint density at radius 2 is 1.88 bits per heavy atom. The standard InChI is InChI=1S/C20H20N6/c1-25-10-8-16-19(25)22-13-23-20(16)26-11-6-14(7-12-26)17-5-4-15-3-2-9-21-18(15)24-17/h2-5,8-10,13-14H,6-7,11-12H2,1H3. The summed E-state index contributed by atoms with van der Waals surface area (Å²) in [6.45, 7) is 1.96. The zero-order valence-corrected chi connectivity index (χ0v) is 14.7. The van der Waals surface area contributed by atoms with Crippen LogP contribution in [-0.2, 0) is 7.05 Å². The summed E-state index contributed by atoms with van der Waals surface area (Å²) in [6, 6.07) is 10.4. The first kappa shape index (κ1) is 15.3. The summed E-state index contributed by atoms with van der Waals surface area (Å²) in [5.41, 5.74) is 2.98. The van der Waals surface area contributed by atoms with E-state index >= 15 is 0 Å². The number of hydrogen-bond donors (Lipinski definition) is 0. The van der Waals surface area contributed by atoms with Gasteiger partial charge >= 0.3 is 0 Å². The minimum Gasteiger partial charge on any atom is -0.356 e. The molecule has 4 aromatic heterocycles. The second-order valence-corrected chi connectivity index (χ2v) is 6.91. The molecule has 5 heterocycles. The summed E-state index contributed by atoms with van der Waals surface area (Å²) in [7, 11) is 2.02. The molecule has 4 aromatic rings. The maximum Gasteiger partial charge on any atom is 0.159 e. The fraction of sp³-hybridized carbons (Fsp3) is 0.300. The molecule has 6 heteroatoms. The molecule has 0 amide bonds. The molecule has 26 heavy (non-hydrogen) atoms. The molecular formula is C20H20N6. The van der Waals surface area contributed by atoms with E-state index < -0.39 is 0 Å². The maximum atomic E-state index is 4.79. The third-order valence-corrected chi connectivity index (χ3v) is 5.34. The topological polar surface area (TPSA) is 59.7 Å². The molecule has 0 bridgehead atoms. The predicted octanol–water partition coefficient (Wildman–Crippen LogP) is 3.30. The highest BCUT2D eigenvalue weighted by molar-refractivity contribution is 5.87. The van der Waals surface area contributed by atoms with Crippen LogP contribution < -0.4 is 4.90 Å². The molecule has 0 aromatic carbocycles. The zero-order valence-electron chi connectivity index (χ0n) is 14.7. The summed E-state index contributed by atoms with van der Waals surface area (Å²) in [4.78, 5) is 20.5. The fourth-order valence-electron chi connectivity index (χ4n) is 3.90. The van der Waals surface area contributed by atoms with Gasteiger partial charge in [-0.15, -0.1) is 0 Å². The molecule has 1 fully saturated rings. The highest BCUT2D eigenvalue weighted by Crippen LogP contribution is 2.32.